The number of benzene rings is 4. The fourth-order valence-electron chi connectivity index (χ4n) is 18.0. The molecule has 35 heteroatoms. The van der Waals surface area contributed by atoms with Gasteiger partial charge in [0.25, 0.3) is 0 Å². The third-order valence-electron chi connectivity index (χ3n) is 24.8. The number of fused-ring (bicyclic) bond motifs is 7. The van der Waals surface area contributed by atoms with Crippen LogP contribution in [0.4, 0.5) is 0 Å². The molecule has 648 valence electrons. The van der Waals surface area contributed by atoms with Crippen LogP contribution in [0.25, 0.3) is 0 Å². The summed E-state index contributed by atoms with van der Waals surface area (Å²) >= 11 is 0. The van der Waals surface area contributed by atoms with E-state index >= 15 is 0 Å². The smallest absolute Gasteiger partial charge is 0.247 e. The van der Waals surface area contributed by atoms with Gasteiger partial charge in [0.1, 0.15) is 78.3 Å². The normalized spacial score (nSPS) is 27.8. The van der Waals surface area contributed by atoms with Gasteiger partial charge in [0, 0.05) is 143 Å². The molecule has 13 heterocycles. The second-order valence-electron chi connectivity index (χ2n) is 33.5. The topological polar surface area (TPSA) is 418 Å². The van der Waals surface area contributed by atoms with Crippen molar-refractivity contribution < 1.29 is 62.6 Å². The van der Waals surface area contributed by atoms with E-state index < -0.39 is 18.1 Å². The summed E-state index contributed by atoms with van der Waals surface area (Å²) in [6, 6.07) is 32.2. The summed E-state index contributed by atoms with van der Waals surface area (Å²) in [6.45, 7) is 14.0. The van der Waals surface area contributed by atoms with Crippen molar-refractivity contribution in [3.8, 4) is 5.75 Å². The second kappa shape index (κ2) is 40.6. The molecule has 120 heavy (non-hydrogen) atoms. The molecule has 4 aromatic carbocycles. The van der Waals surface area contributed by atoms with E-state index in [0.717, 1.165) is 88.2 Å². The van der Waals surface area contributed by atoms with Crippen LogP contribution in [0, 0.1) is 0 Å². The molecule has 0 bridgehead atoms. The summed E-state index contributed by atoms with van der Waals surface area (Å²) in [7, 11) is 11.8. The fraction of sp³-hybridized carbons (Fsp3) is 0.565. The van der Waals surface area contributed by atoms with Crippen molar-refractivity contribution in [2.45, 2.75) is 130 Å². The maximum atomic E-state index is 13.3. The number of nitrogens with zero attached hydrogens (tertiary/aromatic N) is 14. The molecule has 35 nitrogen and oxygen atoms in total. The molecule has 0 aliphatic carbocycles. The number of aryl methyl sites for hydroxylation is 1. The minimum Gasteiger partial charge on any atom is -0.508 e. The first-order chi connectivity index (χ1) is 57.6. The van der Waals surface area contributed by atoms with E-state index in [4.69, 9.17) is 17.2 Å². The van der Waals surface area contributed by atoms with E-state index in [1.165, 1.54) is 5.56 Å². The predicted molar refractivity (Wildman–Crippen MR) is 447 cm³/mol. The number of piperazine rings is 12. The van der Waals surface area contributed by atoms with Crippen molar-refractivity contribution in [1.29, 1.82) is 0 Å². The number of phenols is 1. The number of carbonyl (C=O) groups is 12. The highest BCUT2D eigenvalue weighted by Crippen LogP contribution is 2.34. The van der Waals surface area contributed by atoms with Crippen molar-refractivity contribution in [2.24, 2.45) is 22.2 Å². The van der Waals surface area contributed by atoms with E-state index in [9.17, 15) is 62.6 Å². The molecule has 13 aliphatic rings. The standard InChI is InChI=1S/C21H23N3O2.C16H21N3O2.C15H19N3O3.C11H20N6O2.C11H20N4O2.C11H17N3O2/c1-23-12-13-24-17(14-23)20(25)22-19(21(24)26)18(15-8-4-2-5-9-15)16-10-6-3-7-11-16;1-18-9-10-19-14(11-18)15(20)17-13(16(19)21)8-7-12-5-3-2-4-6-12;1-17-6-7-18-13(9-17)14(20)16-12(15(18)21)8-10-2-4-11(19)5-3-10;1-16-4-5-17-8(6-16)9(18)15-7(10(17)19)2-3-14-11(12)13;1-14-5-6-15-9(7-14)10(16)13-8(11(15)17)3-2-4-12;1-12-5-6-14-9(7-12)11(16)13-4-2-3-8(13)10(14)15/h2-11,17-19H,12-14H2,1H3,(H,22,25);2-6,13-14H,7-11H2,1H3,(H,17,20);2-5,12-13,19H,6-9H2,1H3,(H,16,20);7-8H,2-6H2,1H3,(H,15,18)(H4,12,13,14);8-9H,2-7,12H2,1H3,(H,13,16);8-9H,2-7H2,1H3. The van der Waals surface area contributed by atoms with Gasteiger partial charge < -0.3 is 113 Å². The van der Waals surface area contributed by atoms with Gasteiger partial charge in [-0.05, 0) is 128 Å². The third-order valence-corrected chi connectivity index (χ3v) is 24.8. The van der Waals surface area contributed by atoms with Crippen LogP contribution in [0.1, 0.15) is 66.7 Å². The quantitative estimate of drug-likeness (QED) is 0.0430. The van der Waals surface area contributed by atoms with Gasteiger partial charge in [0.15, 0.2) is 5.96 Å². The van der Waals surface area contributed by atoms with E-state index in [0.29, 0.717) is 117 Å². The maximum Gasteiger partial charge on any atom is 0.247 e. The summed E-state index contributed by atoms with van der Waals surface area (Å²) in [5, 5.41) is 23.6. The monoisotopic (exact) mass is 1660 g/mol. The van der Waals surface area contributed by atoms with Crippen molar-refractivity contribution >= 4 is 76.8 Å². The van der Waals surface area contributed by atoms with Gasteiger partial charge in [-0.25, -0.2) is 0 Å². The van der Waals surface area contributed by atoms with Crippen LogP contribution in [0.5, 0.6) is 5.75 Å². The Morgan fingerprint density at radius 3 is 1.13 bits per heavy atom. The third kappa shape index (κ3) is 21.4. The molecule has 12 amide bonds. The molecule has 13 saturated heterocycles. The van der Waals surface area contributed by atoms with Crippen LogP contribution in [-0.4, -0.2) is 398 Å². The fourth-order valence-corrected chi connectivity index (χ4v) is 18.0. The average molecular weight is 1660 g/mol. The van der Waals surface area contributed by atoms with Crippen LogP contribution in [-0.2, 0) is 70.4 Å². The highest BCUT2D eigenvalue weighted by Gasteiger charge is 2.52. The van der Waals surface area contributed by atoms with E-state index in [1.54, 1.807) is 58.6 Å². The number of nitrogens with two attached hydrogens (primary N) is 3. The summed E-state index contributed by atoms with van der Waals surface area (Å²) < 4.78 is 0. The molecule has 0 spiro atoms. The summed E-state index contributed by atoms with van der Waals surface area (Å²) in [5.74, 6) is 0.132. The molecule has 0 radical (unpaired) electrons. The molecule has 13 fully saturated rings. The number of phenolic OH excluding ortho intramolecular Hbond substituents is 1. The predicted octanol–water partition coefficient (Wildman–Crippen LogP) is -3.91. The molecule has 0 aromatic heterocycles. The van der Waals surface area contributed by atoms with Gasteiger partial charge in [0.05, 0.1) is 0 Å². The summed E-state index contributed by atoms with van der Waals surface area (Å²) in [6.07, 6.45) is 5.55. The van der Waals surface area contributed by atoms with Crippen molar-refractivity contribution in [1.82, 2.24) is 90.3 Å². The number of guanidine groups is 1. The van der Waals surface area contributed by atoms with Crippen molar-refractivity contribution in [3.63, 3.8) is 0 Å². The number of aromatic hydroxyl groups is 1. The zero-order chi connectivity index (χ0) is 85.6. The first kappa shape index (κ1) is 88.6. The number of rotatable bonds is 14. The zero-order valence-electron chi connectivity index (χ0n) is 69.8. The Bertz CT molecular complexity index is 4280. The van der Waals surface area contributed by atoms with Gasteiger partial charge in [0.2, 0.25) is 70.9 Å². The highest BCUT2D eigenvalue weighted by atomic mass is 16.3. The molecular formula is C85H120N22O13. The number of hydrogen-bond acceptors (Lipinski definition) is 21. The van der Waals surface area contributed by atoms with Gasteiger partial charge in [-0.1, -0.05) is 103 Å². The Hall–Kier alpha value is -10.7. The molecule has 17 rings (SSSR count). The molecule has 0 saturated carbocycles. The zero-order valence-corrected chi connectivity index (χ0v) is 69.8. The van der Waals surface area contributed by atoms with Crippen molar-refractivity contribution in [3.05, 3.63) is 138 Å². The number of amides is 12. The van der Waals surface area contributed by atoms with Crippen LogP contribution in [0.15, 0.2) is 120 Å². The molecule has 4 aromatic rings. The molecule has 12 atom stereocenters. The van der Waals surface area contributed by atoms with Crippen molar-refractivity contribution in [2.75, 3.05) is 180 Å². The Kier molecular flexibility index (Phi) is 30.0. The Labute approximate surface area is 701 Å². The van der Waals surface area contributed by atoms with Crippen LogP contribution in [0.3, 0.4) is 0 Å². The lowest BCUT2D eigenvalue weighted by Crippen LogP contribution is -2.69. The summed E-state index contributed by atoms with van der Waals surface area (Å²) in [5.41, 5.74) is 20.1. The molecule has 13 aliphatic heterocycles. The van der Waals surface area contributed by atoms with Gasteiger partial charge >= 0.3 is 0 Å². The first-order valence-electron chi connectivity index (χ1n) is 42.1. The lowest BCUT2D eigenvalue weighted by atomic mass is 9.82. The average Bonchev–Trinajstić information content (AvgIpc) is 1.18. The minimum absolute atomic E-state index is 0.00735. The Balaban J connectivity index is 0.000000133. The number of likely N-dealkylation sites (N-methyl/N-ethyl adjacent to an activating group) is 6. The maximum absolute atomic E-state index is 13.3. The number of nitrogens with one attached hydrogen (secondary N) is 5. The van der Waals surface area contributed by atoms with Gasteiger partial charge in [-0.15, -0.1) is 0 Å². The van der Waals surface area contributed by atoms with Gasteiger partial charge in [-0.2, -0.15) is 0 Å². The Morgan fingerprint density at radius 2 is 0.717 bits per heavy atom. The lowest BCUT2D eigenvalue weighted by molar-refractivity contribution is -0.162. The van der Waals surface area contributed by atoms with Crippen LogP contribution < -0.4 is 43.8 Å². The van der Waals surface area contributed by atoms with E-state index in [2.05, 4.69) is 56.1 Å². The number of hydrogen-bond donors (Lipinski definition) is 9. The largest absolute Gasteiger partial charge is 0.508 e. The van der Waals surface area contributed by atoms with Gasteiger partial charge in [-0.3, -0.25) is 62.5 Å². The van der Waals surface area contributed by atoms with E-state index in [1.807, 2.05) is 138 Å². The van der Waals surface area contributed by atoms with Crippen LogP contribution in [0.2, 0.25) is 0 Å². The SMILES string of the molecule is CN1CCN2C(=O)C(C(c3ccccc3)c3ccccc3)NC(=O)C2C1.CN1CCN2C(=O)C(CCCN)NC(=O)C2C1.CN1CCN2C(=O)C(CCN=C(N)N)NC(=O)C2C1.CN1CCN2C(=O)C(CCc3ccccc3)NC(=O)C2C1.CN1CCN2C(=O)C(Cc3ccc(O)cc3)NC(=O)C2C1.CN1CCN2C(=O)C3CCCN3C(=O)C2C1. The molecule has 12 unspecified atom stereocenters. The van der Waals surface area contributed by atoms with Crippen LogP contribution >= 0.6 is 0 Å². The molecule has 12 N–H and O–H groups in total. The number of aliphatic imine (C=N–C) groups is 1. The molecular weight excluding hydrogens is 1540 g/mol. The minimum atomic E-state index is -0.577. The Morgan fingerprint density at radius 1 is 0.375 bits per heavy atom. The second-order valence-corrected chi connectivity index (χ2v) is 33.5. The van der Waals surface area contributed by atoms with E-state index in [-0.39, 0.29) is 143 Å². The lowest BCUT2D eigenvalue weighted by Gasteiger charge is -2.46. The number of carbonyl (C=O) groups excluding carboxylic acids is 12. The summed E-state index contributed by atoms with van der Waals surface area (Å²) in [4.78, 5) is 177. The first-order valence-corrected chi connectivity index (χ1v) is 42.1. The highest BCUT2D eigenvalue weighted by molar-refractivity contribution is 6.01.